The maximum absolute atomic E-state index is 11.7. The molecule has 0 aromatic carbocycles. The van der Waals surface area contributed by atoms with Gasteiger partial charge in [0.1, 0.15) is 0 Å². The van der Waals surface area contributed by atoms with Gasteiger partial charge in [-0.15, -0.1) is 0 Å². The Bertz CT molecular complexity index is 151. The van der Waals surface area contributed by atoms with Gasteiger partial charge in [-0.2, -0.15) is 0 Å². The molecule has 2 N–H and O–H groups in total. The summed E-state index contributed by atoms with van der Waals surface area (Å²) in [6.45, 7) is 7.90. The fraction of sp³-hybridized carbons (Fsp3) is 0.909. The van der Waals surface area contributed by atoms with E-state index in [9.17, 15) is 4.79 Å². The van der Waals surface area contributed by atoms with Gasteiger partial charge in [-0.05, 0) is 26.2 Å². The van der Waals surface area contributed by atoms with Gasteiger partial charge in [0.2, 0.25) is 5.91 Å². The summed E-state index contributed by atoms with van der Waals surface area (Å²) in [6, 6.07) is 0.129. The second kappa shape index (κ2) is 7.80. The molecule has 0 aliphatic heterocycles. The molecule has 0 radical (unpaired) electrons. The maximum Gasteiger partial charge on any atom is 0.222 e. The molecule has 0 aromatic rings. The van der Waals surface area contributed by atoms with E-state index in [0.717, 1.165) is 32.4 Å². The standard InChI is InChI=1S/C11H24N2O/c1-4-8-13(9-5-2)11(14)7-6-10(3)12/h10H,4-9,12H2,1-3H3. The van der Waals surface area contributed by atoms with Crippen molar-refractivity contribution < 1.29 is 4.79 Å². The molecule has 0 heterocycles. The third kappa shape index (κ3) is 5.97. The normalized spacial score (nSPS) is 12.6. The summed E-state index contributed by atoms with van der Waals surface area (Å²) in [4.78, 5) is 13.6. The van der Waals surface area contributed by atoms with Crippen molar-refractivity contribution in [2.75, 3.05) is 13.1 Å². The predicted molar refractivity (Wildman–Crippen MR) is 60.0 cm³/mol. The van der Waals surface area contributed by atoms with Crippen LogP contribution in [0.1, 0.15) is 46.5 Å². The summed E-state index contributed by atoms with van der Waals surface area (Å²) < 4.78 is 0. The van der Waals surface area contributed by atoms with Gasteiger partial charge in [-0.1, -0.05) is 13.8 Å². The molecule has 0 saturated heterocycles. The lowest BCUT2D eigenvalue weighted by atomic mass is 10.2. The molecule has 14 heavy (non-hydrogen) atoms. The van der Waals surface area contributed by atoms with Crippen LogP contribution in [0.3, 0.4) is 0 Å². The van der Waals surface area contributed by atoms with Gasteiger partial charge in [0.15, 0.2) is 0 Å². The van der Waals surface area contributed by atoms with Crippen LogP contribution in [-0.4, -0.2) is 29.9 Å². The highest BCUT2D eigenvalue weighted by Crippen LogP contribution is 2.02. The van der Waals surface area contributed by atoms with E-state index in [-0.39, 0.29) is 11.9 Å². The first-order chi connectivity index (χ1) is 6.61. The fourth-order valence-electron chi connectivity index (χ4n) is 1.41. The zero-order valence-electron chi connectivity index (χ0n) is 9.75. The lowest BCUT2D eigenvalue weighted by Gasteiger charge is -2.21. The van der Waals surface area contributed by atoms with Crippen molar-refractivity contribution in [3.63, 3.8) is 0 Å². The van der Waals surface area contributed by atoms with Crippen molar-refractivity contribution in [2.45, 2.75) is 52.5 Å². The SMILES string of the molecule is CCCN(CCC)C(=O)CCC(C)N. The van der Waals surface area contributed by atoms with Gasteiger partial charge >= 0.3 is 0 Å². The molecular formula is C11H24N2O. The highest BCUT2D eigenvalue weighted by Gasteiger charge is 2.11. The predicted octanol–water partition coefficient (Wildman–Crippen LogP) is 1.76. The Morgan fingerprint density at radius 2 is 1.79 bits per heavy atom. The van der Waals surface area contributed by atoms with E-state index in [1.165, 1.54) is 0 Å². The fourth-order valence-corrected chi connectivity index (χ4v) is 1.41. The molecule has 0 aliphatic carbocycles. The summed E-state index contributed by atoms with van der Waals surface area (Å²) in [7, 11) is 0. The molecule has 0 spiro atoms. The number of amides is 1. The molecule has 84 valence electrons. The van der Waals surface area contributed by atoms with Crippen molar-refractivity contribution >= 4 is 5.91 Å². The number of carbonyl (C=O) groups is 1. The van der Waals surface area contributed by atoms with Gasteiger partial charge in [-0.25, -0.2) is 0 Å². The van der Waals surface area contributed by atoms with Crippen LogP contribution in [0.4, 0.5) is 0 Å². The van der Waals surface area contributed by atoms with E-state index in [0.29, 0.717) is 6.42 Å². The lowest BCUT2D eigenvalue weighted by molar-refractivity contribution is -0.131. The first-order valence-electron chi connectivity index (χ1n) is 5.65. The Morgan fingerprint density at radius 3 is 2.14 bits per heavy atom. The van der Waals surface area contributed by atoms with Gasteiger partial charge in [-0.3, -0.25) is 4.79 Å². The molecule has 0 aromatic heterocycles. The number of carbonyl (C=O) groups excluding carboxylic acids is 1. The van der Waals surface area contributed by atoms with Crippen LogP contribution in [0.2, 0.25) is 0 Å². The Labute approximate surface area is 87.6 Å². The smallest absolute Gasteiger partial charge is 0.222 e. The Morgan fingerprint density at radius 1 is 1.29 bits per heavy atom. The Balaban J connectivity index is 3.88. The second-order valence-corrected chi connectivity index (χ2v) is 3.90. The topological polar surface area (TPSA) is 46.3 Å². The van der Waals surface area contributed by atoms with Gasteiger partial charge < -0.3 is 10.6 Å². The van der Waals surface area contributed by atoms with E-state index in [1.807, 2.05) is 11.8 Å². The van der Waals surface area contributed by atoms with Crippen molar-refractivity contribution in [3.8, 4) is 0 Å². The zero-order valence-corrected chi connectivity index (χ0v) is 9.75. The number of nitrogens with zero attached hydrogens (tertiary/aromatic N) is 1. The highest BCUT2D eigenvalue weighted by atomic mass is 16.2. The molecule has 1 amide bonds. The summed E-state index contributed by atoms with van der Waals surface area (Å²) in [5.41, 5.74) is 5.62. The molecule has 0 fully saturated rings. The van der Waals surface area contributed by atoms with Crippen LogP contribution in [0.15, 0.2) is 0 Å². The van der Waals surface area contributed by atoms with Crippen molar-refractivity contribution in [2.24, 2.45) is 5.73 Å². The molecule has 1 unspecified atom stereocenters. The molecule has 3 nitrogen and oxygen atoms in total. The number of rotatable bonds is 7. The van der Waals surface area contributed by atoms with Crippen molar-refractivity contribution in [3.05, 3.63) is 0 Å². The first kappa shape index (κ1) is 13.4. The van der Waals surface area contributed by atoms with Crippen LogP contribution in [0.5, 0.6) is 0 Å². The largest absolute Gasteiger partial charge is 0.343 e. The minimum atomic E-state index is 0.129. The lowest BCUT2D eigenvalue weighted by Crippen LogP contribution is -2.33. The average molecular weight is 200 g/mol. The minimum Gasteiger partial charge on any atom is -0.343 e. The molecule has 0 saturated carbocycles. The summed E-state index contributed by atoms with van der Waals surface area (Å²) in [5.74, 6) is 0.256. The van der Waals surface area contributed by atoms with Crippen LogP contribution in [-0.2, 0) is 4.79 Å². The van der Waals surface area contributed by atoms with E-state index >= 15 is 0 Å². The highest BCUT2D eigenvalue weighted by molar-refractivity contribution is 5.76. The number of hydrogen-bond acceptors (Lipinski definition) is 2. The second-order valence-electron chi connectivity index (χ2n) is 3.90. The van der Waals surface area contributed by atoms with Crippen LogP contribution in [0.25, 0.3) is 0 Å². The first-order valence-corrected chi connectivity index (χ1v) is 5.65. The molecule has 0 rings (SSSR count). The Kier molecular flexibility index (Phi) is 7.48. The third-order valence-corrected chi connectivity index (χ3v) is 2.15. The number of hydrogen-bond donors (Lipinski definition) is 1. The van der Waals surface area contributed by atoms with Gasteiger partial charge in [0, 0.05) is 25.6 Å². The molecule has 0 bridgehead atoms. The zero-order chi connectivity index (χ0) is 11.0. The monoisotopic (exact) mass is 200 g/mol. The summed E-state index contributed by atoms with van der Waals surface area (Å²) in [5, 5.41) is 0. The minimum absolute atomic E-state index is 0.129. The Hall–Kier alpha value is -0.570. The van der Waals surface area contributed by atoms with Crippen molar-refractivity contribution in [1.82, 2.24) is 4.90 Å². The van der Waals surface area contributed by atoms with E-state index in [1.54, 1.807) is 0 Å². The molecule has 3 heteroatoms. The summed E-state index contributed by atoms with van der Waals surface area (Å²) >= 11 is 0. The van der Waals surface area contributed by atoms with Crippen LogP contribution in [0, 0.1) is 0 Å². The van der Waals surface area contributed by atoms with Crippen molar-refractivity contribution in [1.29, 1.82) is 0 Å². The third-order valence-electron chi connectivity index (χ3n) is 2.15. The van der Waals surface area contributed by atoms with Gasteiger partial charge in [0.25, 0.3) is 0 Å². The van der Waals surface area contributed by atoms with E-state index in [4.69, 9.17) is 5.73 Å². The number of nitrogens with two attached hydrogens (primary N) is 1. The quantitative estimate of drug-likeness (QED) is 0.680. The molecule has 0 aliphatic rings. The van der Waals surface area contributed by atoms with E-state index in [2.05, 4.69) is 13.8 Å². The molecular weight excluding hydrogens is 176 g/mol. The van der Waals surface area contributed by atoms with Gasteiger partial charge in [0.05, 0.1) is 0 Å². The summed E-state index contributed by atoms with van der Waals surface area (Å²) in [6.07, 6.45) is 3.45. The van der Waals surface area contributed by atoms with Crippen LogP contribution >= 0.6 is 0 Å². The average Bonchev–Trinajstić information content (AvgIpc) is 2.14. The maximum atomic E-state index is 11.7. The van der Waals surface area contributed by atoms with E-state index < -0.39 is 0 Å². The van der Waals surface area contributed by atoms with Crippen LogP contribution < -0.4 is 5.73 Å². The molecule has 1 atom stereocenters.